The highest BCUT2D eigenvalue weighted by Crippen LogP contribution is 2.14. The Balaban J connectivity index is 2.63. The van der Waals surface area contributed by atoms with Crippen molar-refractivity contribution in [2.24, 2.45) is 12.5 Å². The predicted molar refractivity (Wildman–Crippen MR) is 66.6 cm³/mol. The van der Waals surface area contributed by atoms with Crippen molar-refractivity contribution in [3.63, 3.8) is 0 Å². The molecule has 0 saturated carbocycles. The van der Waals surface area contributed by atoms with E-state index in [1.54, 1.807) is 7.05 Å². The molecule has 100 valence electrons. The highest BCUT2D eigenvalue weighted by atomic mass is 16.5. The van der Waals surface area contributed by atoms with Crippen molar-refractivity contribution in [1.29, 1.82) is 0 Å². The molecule has 18 heavy (non-hydrogen) atoms. The Bertz CT molecular complexity index is 458. The zero-order chi connectivity index (χ0) is 13.9. The molecule has 0 aliphatic rings. The van der Waals surface area contributed by atoms with E-state index in [2.05, 4.69) is 10.4 Å². The standard InChI is InChI=1S/C12H19N3O3/c1-12(2,3)9(16)7-13-11(17)8-6-10(18-5)15(4)14-8/h6H,7H2,1-5H3,(H,13,17). The molecule has 1 heterocycles. The van der Waals surface area contributed by atoms with Crippen LogP contribution in [0.3, 0.4) is 0 Å². The molecule has 0 aromatic carbocycles. The molecular formula is C12H19N3O3. The number of carbonyl (C=O) groups excluding carboxylic acids is 2. The SMILES string of the molecule is COc1cc(C(=O)NCC(=O)C(C)(C)C)nn1C. The van der Waals surface area contributed by atoms with Crippen molar-refractivity contribution in [2.75, 3.05) is 13.7 Å². The fourth-order valence-electron chi connectivity index (χ4n) is 1.27. The first-order chi connectivity index (χ1) is 8.25. The van der Waals surface area contributed by atoms with Gasteiger partial charge in [-0.25, -0.2) is 4.68 Å². The van der Waals surface area contributed by atoms with Crippen molar-refractivity contribution in [1.82, 2.24) is 15.1 Å². The maximum Gasteiger partial charge on any atom is 0.272 e. The van der Waals surface area contributed by atoms with Crippen LogP contribution in [0.1, 0.15) is 31.3 Å². The first kappa shape index (κ1) is 14.2. The van der Waals surface area contributed by atoms with Crippen molar-refractivity contribution in [3.8, 4) is 5.88 Å². The van der Waals surface area contributed by atoms with Crippen LogP contribution in [0.15, 0.2) is 6.07 Å². The van der Waals surface area contributed by atoms with E-state index in [0.29, 0.717) is 5.88 Å². The Kier molecular flexibility index (Phi) is 4.11. The molecule has 1 aromatic rings. The van der Waals surface area contributed by atoms with Crippen LogP contribution in [-0.4, -0.2) is 35.1 Å². The van der Waals surface area contributed by atoms with E-state index < -0.39 is 5.41 Å². The lowest BCUT2D eigenvalue weighted by Gasteiger charge is -2.16. The molecule has 0 fully saturated rings. The largest absolute Gasteiger partial charge is 0.481 e. The number of aryl methyl sites for hydroxylation is 1. The molecule has 6 nitrogen and oxygen atoms in total. The summed E-state index contributed by atoms with van der Waals surface area (Å²) in [5.74, 6) is 0.0764. The summed E-state index contributed by atoms with van der Waals surface area (Å²) in [6.07, 6.45) is 0. The quantitative estimate of drug-likeness (QED) is 0.860. The number of hydrogen-bond donors (Lipinski definition) is 1. The van der Waals surface area contributed by atoms with E-state index >= 15 is 0 Å². The van der Waals surface area contributed by atoms with E-state index in [-0.39, 0.29) is 23.9 Å². The van der Waals surface area contributed by atoms with Gasteiger partial charge in [0.1, 0.15) is 0 Å². The summed E-state index contributed by atoms with van der Waals surface area (Å²) in [6.45, 7) is 5.43. The average Bonchev–Trinajstić information content (AvgIpc) is 2.65. The van der Waals surface area contributed by atoms with Crippen LogP contribution < -0.4 is 10.1 Å². The van der Waals surface area contributed by atoms with Crippen LogP contribution in [0.5, 0.6) is 5.88 Å². The monoisotopic (exact) mass is 253 g/mol. The summed E-state index contributed by atoms with van der Waals surface area (Å²) in [6, 6.07) is 1.52. The third kappa shape index (κ3) is 3.32. The number of nitrogens with one attached hydrogen (secondary N) is 1. The van der Waals surface area contributed by atoms with Crippen LogP contribution in [0.25, 0.3) is 0 Å². The Morgan fingerprint density at radius 3 is 2.50 bits per heavy atom. The van der Waals surface area contributed by atoms with Crippen molar-refractivity contribution in [3.05, 3.63) is 11.8 Å². The van der Waals surface area contributed by atoms with Gasteiger partial charge in [-0.2, -0.15) is 5.10 Å². The Hall–Kier alpha value is -1.85. The molecule has 6 heteroatoms. The van der Waals surface area contributed by atoms with Gasteiger partial charge in [-0.3, -0.25) is 9.59 Å². The van der Waals surface area contributed by atoms with Crippen molar-refractivity contribution in [2.45, 2.75) is 20.8 Å². The number of hydrogen-bond acceptors (Lipinski definition) is 4. The minimum absolute atomic E-state index is 0.00121. The molecule has 0 saturated heterocycles. The predicted octanol–water partition coefficient (Wildman–Crippen LogP) is 0.774. The van der Waals surface area contributed by atoms with Gasteiger partial charge in [0.25, 0.3) is 5.91 Å². The Morgan fingerprint density at radius 2 is 2.06 bits per heavy atom. The summed E-state index contributed by atoms with van der Waals surface area (Å²) >= 11 is 0. The molecule has 0 aliphatic heterocycles. The zero-order valence-electron chi connectivity index (χ0n) is 11.4. The minimum Gasteiger partial charge on any atom is -0.481 e. The minimum atomic E-state index is -0.463. The molecule has 0 unspecified atom stereocenters. The van der Waals surface area contributed by atoms with Gasteiger partial charge in [0.2, 0.25) is 5.88 Å². The molecule has 1 amide bonds. The van der Waals surface area contributed by atoms with Gasteiger partial charge >= 0.3 is 0 Å². The van der Waals surface area contributed by atoms with Gasteiger partial charge in [0.15, 0.2) is 11.5 Å². The van der Waals surface area contributed by atoms with Crippen molar-refractivity contribution >= 4 is 11.7 Å². The van der Waals surface area contributed by atoms with E-state index in [1.165, 1.54) is 17.9 Å². The second-order valence-electron chi connectivity index (χ2n) is 5.05. The fourth-order valence-corrected chi connectivity index (χ4v) is 1.27. The second-order valence-corrected chi connectivity index (χ2v) is 5.05. The van der Waals surface area contributed by atoms with E-state index in [1.807, 2.05) is 20.8 Å². The smallest absolute Gasteiger partial charge is 0.272 e. The lowest BCUT2D eigenvalue weighted by atomic mass is 9.91. The summed E-state index contributed by atoms with van der Waals surface area (Å²) in [4.78, 5) is 23.4. The number of rotatable bonds is 4. The number of carbonyl (C=O) groups is 2. The molecule has 0 bridgehead atoms. The number of methoxy groups -OCH3 is 1. The van der Waals surface area contributed by atoms with Crippen LogP contribution in [0, 0.1) is 5.41 Å². The van der Waals surface area contributed by atoms with Crippen LogP contribution >= 0.6 is 0 Å². The van der Waals surface area contributed by atoms with Crippen LogP contribution in [-0.2, 0) is 11.8 Å². The molecular weight excluding hydrogens is 234 g/mol. The average molecular weight is 253 g/mol. The number of amides is 1. The molecule has 1 N–H and O–H groups in total. The summed E-state index contributed by atoms with van der Waals surface area (Å²) < 4.78 is 6.47. The van der Waals surface area contributed by atoms with Crippen molar-refractivity contribution < 1.29 is 14.3 Å². The number of ketones is 1. The normalized spacial score (nSPS) is 11.2. The van der Waals surface area contributed by atoms with Gasteiger partial charge in [-0.15, -0.1) is 0 Å². The maximum atomic E-state index is 11.8. The lowest BCUT2D eigenvalue weighted by molar-refractivity contribution is -0.125. The van der Waals surface area contributed by atoms with E-state index in [0.717, 1.165) is 0 Å². The van der Waals surface area contributed by atoms with Crippen LogP contribution in [0.4, 0.5) is 0 Å². The fraction of sp³-hybridized carbons (Fsp3) is 0.583. The first-order valence-electron chi connectivity index (χ1n) is 5.65. The van der Waals surface area contributed by atoms with Gasteiger partial charge < -0.3 is 10.1 Å². The number of nitrogens with zero attached hydrogens (tertiary/aromatic N) is 2. The molecule has 1 aromatic heterocycles. The highest BCUT2D eigenvalue weighted by Gasteiger charge is 2.22. The molecule has 0 spiro atoms. The van der Waals surface area contributed by atoms with Gasteiger partial charge in [0, 0.05) is 18.5 Å². The van der Waals surface area contributed by atoms with E-state index in [9.17, 15) is 9.59 Å². The zero-order valence-corrected chi connectivity index (χ0v) is 11.4. The van der Waals surface area contributed by atoms with Gasteiger partial charge in [0.05, 0.1) is 13.7 Å². The summed E-state index contributed by atoms with van der Waals surface area (Å²) in [5, 5.41) is 6.54. The van der Waals surface area contributed by atoms with Gasteiger partial charge in [-0.05, 0) is 0 Å². The highest BCUT2D eigenvalue weighted by molar-refractivity contribution is 5.96. The first-order valence-corrected chi connectivity index (χ1v) is 5.65. The maximum absolute atomic E-state index is 11.8. The molecule has 0 aliphatic carbocycles. The number of aromatic nitrogens is 2. The number of Topliss-reactive ketones (excluding diaryl/α,β-unsaturated/α-hetero) is 1. The lowest BCUT2D eigenvalue weighted by Crippen LogP contribution is -2.35. The number of ether oxygens (including phenoxy) is 1. The Morgan fingerprint density at radius 1 is 1.44 bits per heavy atom. The summed E-state index contributed by atoms with van der Waals surface area (Å²) in [7, 11) is 3.18. The van der Waals surface area contributed by atoms with E-state index in [4.69, 9.17) is 4.74 Å². The summed E-state index contributed by atoms with van der Waals surface area (Å²) in [5.41, 5.74) is -0.231. The second kappa shape index (κ2) is 5.20. The topological polar surface area (TPSA) is 73.2 Å². The third-order valence-electron chi connectivity index (χ3n) is 2.52. The third-order valence-corrected chi connectivity index (χ3v) is 2.52. The van der Waals surface area contributed by atoms with Gasteiger partial charge in [-0.1, -0.05) is 20.8 Å². The molecule has 0 radical (unpaired) electrons. The molecule has 0 atom stereocenters. The molecule has 1 rings (SSSR count). The Labute approximate surface area is 106 Å². The van der Waals surface area contributed by atoms with Crippen LogP contribution in [0.2, 0.25) is 0 Å².